The predicted octanol–water partition coefficient (Wildman–Crippen LogP) is 3.73. The molecule has 0 aliphatic heterocycles. The number of nitrogens with one attached hydrogen (secondary N) is 1. The van der Waals surface area contributed by atoms with Crippen molar-refractivity contribution >= 4 is 0 Å². The van der Waals surface area contributed by atoms with Crippen LogP contribution in [0.25, 0.3) is 0 Å². The summed E-state index contributed by atoms with van der Waals surface area (Å²) in [6, 6.07) is 14.9. The smallest absolute Gasteiger partial charge is 0.127 e. The van der Waals surface area contributed by atoms with Crippen molar-refractivity contribution in [2.24, 2.45) is 0 Å². The van der Waals surface area contributed by atoms with Gasteiger partial charge in [0.15, 0.2) is 0 Å². The Morgan fingerprint density at radius 2 is 1.80 bits per heavy atom. The molecule has 0 aliphatic rings. The summed E-state index contributed by atoms with van der Waals surface area (Å²) in [4.78, 5) is 0. The molecule has 0 spiro atoms. The van der Waals surface area contributed by atoms with Crippen molar-refractivity contribution < 1.29 is 9.13 Å². The first-order chi connectivity index (χ1) is 9.70. The van der Waals surface area contributed by atoms with Crippen molar-refractivity contribution in [3.63, 3.8) is 0 Å². The highest BCUT2D eigenvalue weighted by Gasteiger charge is 2.08. The van der Waals surface area contributed by atoms with Gasteiger partial charge in [0.05, 0.1) is 7.11 Å². The summed E-state index contributed by atoms with van der Waals surface area (Å²) < 4.78 is 18.7. The van der Waals surface area contributed by atoms with Gasteiger partial charge in [-0.25, -0.2) is 4.39 Å². The Bertz CT molecular complexity index is 539. The first-order valence-electron chi connectivity index (χ1n) is 6.81. The van der Waals surface area contributed by atoms with E-state index in [1.54, 1.807) is 13.2 Å². The average molecular weight is 273 g/mol. The van der Waals surface area contributed by atoms with E-state index >= 15 is 0 Å². The molecule has 0 radical (unpaired) electrons. The van der Waals surface area contributed by atoms with E-state index < -0.39 is 0 Å². The third-order valence-corrected chi connectivity index (χ3v) is 3.39. The molecule has 0 heterocycles. The largest absolute Gasteiger partial charge is 0.497 e. The van der Waals surface area contributed by atoms with Gasteiger partial charge in [0, 0.05) is 11.6 Å². The fourth-order valence-electron chi connectivity index (χ4n) is 2.16. The predicted molar refractivity (Wildman–Crippen MR) is 79.5 cm³/mol. The molecule has 0 saturated carbocycles. The minimum Gasteiger partial charge on any atom is -0.497 e. The van der Waals surface area contributed by atoms with E-state index in [0.29, 0.717) is 5.56 Å². The first-order valence-corrected chi connectivity index (χ1v) is 6.81. The van der Waals surface area contributed by atoms with E-state index in [9.17, 15) is 4.39 Å². The van der Waals surface area contributed by atoms with Crippen molar-refractivity contribution in [2.75, 3.05) is 13.7 Å². The number of ether oxygens (including phenoxy) is 1. The number of hydrogen-bond acceptors (Lipinski definition) is 2. The molecule has 2 aromatic carbocycles. The molecular weight excluding hydrogens is 253 g/mol. The Morgan fingerprint density at radius 1 is 1.10 bits per heavy atom. The molecular formula is C17H20FNO. The van der Waals surface area contributed by atoms with Gasteiger partial charge in [-0.3, -0.25) is 0 Å². The third kappa shape index (κ3) is 3.81. The zero-order chi connectivity index (χ0) is 14.4. The summed E-state index contributed by atoms with van der Waals surface area (Å²) in [7, 11) is 1.66. The molecule has 0 aliphatic carbocycles. The standard InChI is InChI=1S/C17H20FNO/c1-13(16-5-3-4-6-17(16)18)19-12-11-14-7-9-15(20-2)10-8-14/h3-10,13,19H,11-12H2,1-2H3/t13-/m1/s1. The van der Waals surface area contributed by atoms with E-state index in [4.69, 9.17) is 4.74 Å². The Balaban J connectivity index is 1.84. The van der Waals surface area contributed by atoms with Crippen molar-refractivity contribution in [2.45, 2.75) is 19.4 Å². The summed E-state index contributed by atoms with van der Waals surface area (Å²) in [6.07, 6.45) is 0.906. The highest BCUT2D eigenvalue weighted by atomic mass is 19.1. The van der Waals surface area contributed by atoms with Crippen LogP contribution in [0.2, 0.25) is 0 Å². The van der Waals surface area contributed by atoms with Crippen LogP contribution in [0, 0.1) is 5.82 Å². The van der Waals surface area contributed by atoms with E-state index in [2.05, 4.69) is 5.32 Å². The minimum absolute atomic E-state index is 0.00875. The van der Waals surface area contributed by atoms with Crippen LogP contribution in [0.5, 0.6) is 5.75 Å². The molecule has 0 saturated heterocycles. The molecule has 1 N–H and O–H groups in total. The summed E-state index contributed by atoms with van der Waals surface area (Å²) in [5.74, 6) is 0.707. The Morgan fingerprint density at radius 3 is 2.45 bits per heavy atom. The van der Waals surface area contributed by atoms with Gasteiger partial charge in [0.2, 0.25) is 0 Å². The van der Waals surface area contributed by atoms with Crippen LogP contribution < -0.4 is 10.1 Å². The van der Waals surface area contributed by atoms with Gasteiger partial charge in [-0.2, -0.15) is 0 Å². The Kier molecular flexibility index (Phi) is 5.13. The van der Waals surface area contributed by atoms with Crippen LogP contribution in [0.15, 0.2) is 48.5 Å². The number of halogens is 1. The maximum absolute atomic E-state index is 13.6. The lowest BCUT2D eigenvalue weighted by Gasteiger charge is -2.15. The molecule has 3 heteroatoms. The number of methoxy groups -OCH3 is 1. The van der Waals surface area contributed by atoms with Gasteiger partial charge in [-0.15, -0.1) is 0 Å². The van der Waals surface area contributed by atoms with Crippen LogP contribution in [-0.4, -0.2) is 13.7 Å². The molecule has 106 valence electrons. The molecule has 0 fully saturated rings. The maximum Gasteiger partial charge on any atom is 0.127 e. The van der Waals surface area contributed by atoms with Crippen LogP contribution in [0.1, 0.15) is 24.1 Å². The van der Waals surface area contributed by atoms with Crippen molar-refractivity contribution in [1.82, 2.24) is 5.32 Å². The zero-order valence-corrected chi connectivity index (χ0v) is 11.9. The second kappa shape index (κ2) is 7.06. The minimum atomic E-state index is -0.156. The van der Waals surface area contributed by atoms with Gasteiger partial charge in [0.1, 0.15) is 11.6 Å². The van der Waals surface area contributed by atoms with Crippen LogP contribution >= 0.6 is 0 Å². The molecule has 0 bridgehead atoms. The lowest BCUT2D eigenvalue weighted by molar-refractivity contribution is 0.414. The average Bonchev–Trinajstić information content (AvgIpc) is 2.48. The molecule has 0 aromatic heterocycles. The fraction of sp³-hybridized carbons (Fsp3) is 0.294. The quantitative estimate of drug-likeness (QED) is 0.866. The number of rotatable bonds is 6. The monoisotopic (exact) mass is 273 g/mol. The highest BCUT2D eigenvalue weighted by molar-refractivity contribution is 5.27. The Labute approximate surface area is 119 Å². The van der Waals surface area contributed by atoms with Crippen LogP contribution in [0.3, 0.4) is 0 Å². The maximum atomic E-state index is 13.6. The number of hydrogen-bond donors (Lipinski definition) is 1. The SMILES string of the molecule is COc1ccc(CCN[C@H](C)c2ccccc2F)cc1. The molecule has 0 amide bonds. The van der Waals surface area contributed by atoms with Crippen LogP contribution in [-0.2, 0) is 6.42 Å². The summed E-state index contributed by atoms with van der Waals surface area (Å²) >= 11 is 0. The lowest BCUT2D eigenvalue weighted by atomic mass is 10.1. The summed E-state index contributed by atoms with van der Waals surface area (Å²) in [5, 5.41) is 3.35. The Hall–Kier alpha value is -1.87. The zero-order valence-electron chi connectivity index (χ0n) is 11.9. The van der Waals surface area contributed by atoms with E-state index in [0.717, 1.165) is 18.7 Å². The van der Waals surface area contributed by atoms with Gasteiger partial charge >= 0.3 is 0 Å². The second-order valence-corrected chi connectivity index (χ2v) is 4.80. The molecule has 2 rings (SSSR count). The van der Waals surface area contributed by atoms with Gasteiger partial charge in [-0.1, -0.05) is 30.3 Å². The number of benzene rings is 2. The van der Waals surface area contributed by atoms with Gasteiger partial charge in [-0.05, 0) is 43.7 Å². The van der Waals surface area contributed by atoms with Crippen molar-refractivity contribution in [3.05, 3.63) is 65.5 Å². The molecule has 2 nitrogen and oxygen atoms in total. The topological polar surface area (TPSA) is 21.3 Å². The normalized spacial score (nSPS) is 12.2. The van der Waals surface area contributed by atoms with Gasteiger partial charge in [0.25, 0.3) is 0 Å². The van der Waals surface area contributed by atoms with Gasteiger partial charge < -0.3 is 10.1 Å². The van der Waals surface area contributed by atoms with Crippen molar-refractivity contribution in [3.8, 4) is 5.75 Å². The second-order valence-electron chi connectivity index (χ2n) is 4.80. The van der Waals surface area contributed by atoms with E-state index in [1.165, 1.54) is 11.6 Å². The molecule has 1 atom stereocenters. The van der Waals surface area contributed by atoms with E-state index in [1.807, 2.05) is 43.3 Å². The van der Waals surface area contributed by atoms with Crippen molar-refractivity contribution in [1.29, 1.82) is 0 Å². The fourth-order valence-corrected chi connectivity index (χ4v) is 2.16. The van der Waals surface area contributed by atoms with Crippen LogP contribution in [0.4, 0.5) is 4.39 Å². The summed E-state index contributed by atoms with van der Waals surface area (Å²) in [5.41, 5.74) is 1.95. The third-order valence-electron chi connectivity index (χ3n) is 3.39. The molecule has 0 unspecified atom stereocenters. The highest BCUT2D eigenvalue weighted by Crippen LogP contribution is 2.16. The van der Waals surface area contributed by atoms with E-state index in [-0.39, 0.29) is 11.9 Å². The first kappa shape index (κ1) is 14.5. The molecule has 2 aromatic rings. The molecule has 20 heavy (non-hydrogen) atoms. The lowest BCUT2D eigenvalue weighted by Crippen LogP contribution is -2.22. The summed E-state index contributed by atoms with van der Waals surface area (Å²) in [6.45, 7) is 2.79.